The molecule has 0 fully saturated rings. The summed E-state index contributed by atoms with van der Waals surface area (Å²) in [7, 11) is 0. The van der Waals surface area contributed by atoms with Gasteiger partial charge in [-0.2, -0.15) is 10.2 Å². The lowest BCUT2D eigenvalue weighted by molar-refractivity contribution is 0.0525. The second-order valence-electron chi connectivity index (χ2n) is 6.08. The number of rotatable bonds is 6. The highest BCUT2D eigenvalue weighted by Gasteiger charge is 2.14. The second kappa shape index (κ2) is 7.34. The van der Waals surface area contributed by atoms with Gasteiger partial charge in [-0.25, -0.2) is 4.79 Å². The van der Waals surface area contributed by atoms with Crippen LogP contribution < -0.4 is 0 Å². The van der Waals surface area contributed by atoms with Crippen molar-refractivity contribution >= 4 is 5.97 Å². The maximum atomic E-state index is 11.9. The summed E-state index contributed by atoms with van der Waals surface area (Å²) in [6.45, 7) is 7.37. The normalized spacial score (nSPS) is 10.8. The van der Waals surface area contributed by atoms with E-state index in [9.17, 15) is 4.79 Å². The van der Waals surface area contributed by atoms with E-state index < -0.39 is 0 Å². The first-order chi connectivity index (χ1) is 12.0. The van der Waals surface area contributed by atoms with Crippen molar-refractivity contribution in [3.05, 3.63) is 70.8 Å². The molecule has 0 spiro atoms. The van der Waals surface area contributed by atoms with Gasteiger partial charge >= 0.3 is 5.97 Å². The third-order valence-electron chi connectivity index (χ3n) is 3.92. The molecule has 0 aliphatic rings. The van der Waals surface area contributed by atoms with Crippen LogP contribution in [-0.2, 0) is 17.8 Å². The summed E-state index contributed by atoms with van der Waals surface area (Å²) in [5.41, 5.74) is 4.67. The van der Waals surface area contributed by atoms with E-state index in [-0.39, 0.29) is 5.97 Å². The number of ether oxygens (including phenoxy) is 1. The first-order valence-electron chi connectivity index (χ1n) is 8.33. The summed E-state index contributed by atoms with van der Waals surface area (Å²) in [6, 6.07) is 8.34. The number of carbonyl (C=O) groups excluding carboxylic acids is 1. The Hall–Kier alpha value is -2.89. The maximum Gasteiger partial charge on any atom is 0.341 e. The van der Waals surface area contributed by atoms with Gasteiger partial charge in [-0.3, -0.25) is 9.36 Å². The number of esters is 1. The quantitative estimate of drug-likeness (QED) is 0.648. The Kier molecular flexibility index (Phi) is 4.97. The van der Waals surface area contributed by atoms with Gasteiger partial charge in [0.25, 0.3) is 0 Å². The molecule has 0 aliphatic carbocycles. The van der Waals surface area contributed by atoms with Gasteiger partial charge in [-0.05, 0) is 37.5 Å². The summed E-state index contributed by atoms with van der Waals surface area (Å²) >= 11 is 0. The van der Waals surface area contributed by atoms with Crippen LogP contribution in [0.25, 0.3) is 0 Å². The van der Waals surface area contributed by atoms with Crippen molar-refractivity contribution in [2.75, 3.05) is 6.61 Å². The molecular formula is C19H22N4O2. The smallest absolute Gasteiger partial charge is 0.341 e. The summed E-state index contributed by atoms with van der Waals surface area (Å²) in [5.74, 6) is -0.323. The fraction of sp³-hybridized carbons (Fsp3) is 0.316. The molecule has 2 heterocycles. The van der Waals surface area contributed by atoms with Crippen LogP contribution >= 0.6 is 0 Å². The molecule has 6 heteroatoms. The summed E-state index contributed by atoms with van der Waals surface area (Å²) < 4.78 is 8.74. The molecule has 0 unspecified atom stereocenters. The van der Waals surface area contributed by atoms with Gasteiger partial charge in [0.05, 0.1) is 31.6 Å². The third-order valence-corrected chi connectivity index (χ3v) is 3.92. The van der Waals surface area contributed by atoms with E-state index in [1.54, 1.807) is 17.8 Å². The molecule has 0 saturated carbocycles. The van der Waals surface area contributed by atoms with Crippen molar-refractivity contribution in [3.63, 3.8) is 0 Å². The van der Waals surface area contributed by atoms with E-state index >= 15 is 0 Å². The van der Waals surface area contributed by atoms with Gasteiger partial charge in [-0.15, -0.1) is 0 Å². The average molecular weight is 338 g/mol. The van der Waals surface area contributed by atoms with Crippen LogP contribution in [-0.4, -0.2) is 32.1 Å². The summed E-state index contributed by atoms with van der Waals surface area (Å²) in [5, 5.41) is 8.71. The Morgan fingerprint density at radius 1 is 1.04 bits per heavy atom. The Bertz CT molecular complexity index is 862. The highest BCUT2D eigenvalue weighted by molar-refractivity contribution is 5.90. The van der Waals surface area contributed by atoms with Gasteiger partial charge in [0.1, 0.15) is 5.56 Å². The second-order valence-corrected chi connectivity index (χ2v) is 6.08. The molecule has 0 aliphatic heterocycles. The minimum absolute atomic E-state index is 0.323. The van der Waals surface area contributed by atoms with Crippen molar-refractivity contribution in [1.82, 2.24) is 19.6 Å². The standard InChI is InChI=1S/C19H22N4O2/c1-4-25-19(24)18-13-23(21-15(18)3)12-17-7-5-16(6-8-17)11-22-10-14(2)9-20-22/h5-10,13H,4,11-12H2,1-3H3. The zero-order valence-corrected chi connectivity index (χ0v) is 14.8. The minimum Gasteiger partial charge on any atom is -0.462 e. The topological polar surface area (TPSA) is 61.9 Å². The number of hydrogen-bond donors (Lipinski definition) is 0. The predicted octanol–water partition coefficient (Wildman–Crippen LogP) is 2.97. The molecule has 3 aromatic rings. The molecule has 0 bridgehead atoms. The number of nitrogens with zero attached hydrogens (tertiary/aromatic N) is 4. The summed E-state index contributed by atoms with van der Waals surface area (Å²) in [4.78, 5) is 11.9. The van der Waals surface area contributed by atoms with Crippen LogP contribution in [0, 0.1) is 13.8 Å². The fourth-order valence-corrected chi connectivity index (χ4v) is 2.69. The van der Waals surface area contributed by atoms with Crippen LogP contribution in [0.15, 0.2) is 42.9 Å². The molecule has 0 saturated heterocycles. The molecule has 6 nitrogen and oxygen atoms in total. The first kappa shape index (κ1) is 17.0. The van der Waals surface area contributed by atoms with Crippen molar-refractivity contribution in [2.24, 2.45) is 0 Å². The Morgan fingerprint density at radius 2 is 1.68 bits per heavy atom. The molecular weight excluding hydrogens is 316 g/mol. The van der Waals surface area contributed by atoms with Gasteiger partial charge in [0, 0.05) is 12.4 Å². The van der Waals surface area contributed by atoms with E-state index in [4.69, 9.17) is 4.74 Å². The van der Waals surface area contributed by atoms with Gasteiger partial charge in [0.15, 0.2) is 0 Å². The molecule has 2 aromatic heterocycles. The van der Waals surface area contributed by atoms with Crippen LogP contribution in [0.4, 0.5) is 0 Å². The van der Waals surface area contributed by atoms with Crippen LogP contribution in [0.5, 0.6) is 0 Å². The molecule has 25 heavy (non-hydrogen) atoms. The lowest BCUT2D eigenvalue weighted by Crippen LogP contribution is -2.05. The van der Waals surface area contributed by atoms with Gasteiger partial charge in [0.2, 0.25) is 0 Å². The molecule has 0 radical (unpaired) electrons. The van der Waals surface area contributed by atoms with Crippen molar-refractivity contribution in [1.29, 1.82) is 0 Å². The Morgan fingerprint density at radius 3 is 2.24 bits per heavy atom. The Balaban J connectivity index is 1.67. The monoisotopic (exact) mass is 338 g/mol. The molecule has 0 atom stereocenters. The molecule has 0 N–H and O–H groups in total. The number of hydrogen-bond acceptors (Lipinski definition) is 4. The number of aromatic nitrogens is 4. The highest BCUT2D eigenvalue weighted by Crippen LogP contribution is 2.12. The van der Waals surface area contributed by atoms with E-state index in [1.165, 1.54) is 5.56 Å². The van der Waals surface area contributed by atoms with Crippen LogP contribution in [0.3, 0.4) is 0 Å². The number of benzene rings is 1. The average Bonchev–Trinajstić information content (AvgIpc) is 3.15. The Labute approximate surface area is 147 Å². The van der Waals surface area contributed by atoms with E-state index in [2.05, 4.69) is 34.5 Å². The van der Waals surface area contributed by atoms with E-state index in [0.29, 0.717) is 24.4 Å². The molecule has 1 aromatic carbocycles. The van der Waals surface area contributed by atoms with Gasteiger partial charge in [-0.1, -0.05) is 24.3 Å². The third kappa shape index (κ3) is 4.15. The zero-order chi connectivity index (χ0) is 17.8. The lowest BCUT2D eigenvalue weighted by atomic mass is 10.1. The number of carbonyl (C=O) groups is 1. The molecule has 3 rings (SSSR count). The highest BCUT2D eigenvalue weighted by atomic mass is 16.5. The van der Waals surface area contributed by atoms with E-state index in [1.807, 2.05) is 30.9 Å². The fourth-order valence-electron chi connectivity index (χ4n) is 2.69. The minimum atomic E-state index is -0.323. The largest absolute Gasteiger partial charge is 0.462 e. The molecule has 130 valence electrons. The predicted molar refractivity (Wildman–Crippen MR) is 94.5 cm³/mol. The first-order valence-corrected chi connectivity index (χ1v) is 8.33. The zero-order valence-electron chi connectivity index (χ0n) is 14.8. The van der Waals surface area contributed by atoms with Crippen LogP contribution in [0.1, 0.15) is 39.7 Å². The van der Waals surface area contributed by atoms with Crippen molar-refractivity contribution in [2.45, 2.75) is 33.9 Å². The van der Waals surface area contributed by atoms with Crippen molar-refractivity contribution < 1.29 is 9.53 Å². The van der Waals surface area contributed by atoms with Crippen molar-refractivity contribution in [3.8, 4) is 0 Å². The number of aryl methyl sites for hydroxylation is 2. The maximum absolute atomic E-state index is 11.9. The summed E-state index contributed by atoms with van der Waals surface area (Å²) in [6.07, 6.45) is 5.63. The lowest BCUT2D eigenvalue weighted by Gasteiger charge is -2.05. The SMILES string of the molecule is CCOC(=O)c1cn(Cc2ccc(Cn3cc(C)cn3)cc2)nc1C. The molecule has 0 amide bonds. The van der Waals surface area contributed by atoms with E-state index in [0.717, 1.165) is 17.7 Å². The van der Waals surface area contributed by atoms with Crippen LogP contribution in [0.2, 0.25) is 0 Å². The van der Waals surface area contributed by atoms with Gasteiger partial charge < -0.3 is 4.74 Å².